The second kappa shape index (κ2) is 4.77. The lowest BCUT2D eigenvalue weighted by Crippen LogP contribution is -2.29. The molecule has 1 unspecified atom stereocenters. The highest BCUT2D eigenvalue weighted by Gasteiger charge is 2.11. The summed E-state index contributed by atoms with van der Waals surface area (Å²) in [5, 5.41) is 0. The van der Waals surface area contributed by atoms with Crippen LogP contribution in [0, 0.1) is 0 Å². The van der Waals surface area contributed by atoms with E-state index in [1.807, 2.05) is 42.5 Å². The third-order valence-electron chi connectivity index (χ3n) is 2.39. The third kappa shape index (κ3) is 2.46. The SMILES string of the molecule is NNC(Cc1ccco1)c1ccccc1. The van der Waals surface area contributed by atoms with Crippen LogP contribution in [0.25, 0.3) is 0 Å². The van der Waals surface area contributed by atoms with Gasteiger partial charge in [-0.2, -0.15) is 0 Å². The lowest BCUT2D eigenvalue weighted by atomic mass is 10.0. The normalized spacial score (nSPS) is 12.6. The summed E-state index contributed by atoms with van der Waals surface area (Å²) in [7, 11) is 0. The second-order valence-electron chi connectivity index (χ2n) is 3.41. The van der Waals surface area contributed by atoms with Crippen LogP contribution in [-0.2, 0) is 6.42 Å². The molecule has 0 saturated heterocycles. The second-order valence-corrected chi connectivity index (χ2v) is 3.41. The minimum atomic E-state index is 0.0948. The minimum Gasteiger partial charge on any atom is -0.469 e. The van der Waals surface area contributed by atoms with Gasteiger partial charge in [-0.05, 0) is 17.7 Å². The maximum Gasteiger partial charge on any atom is 0.105 e. The molecule has 2 aromatic rings. The van der Waals surface area contributed by atoms with Crippen molar-refractivity contribution in [1.29, 1.82) is 0 Å². The molecule has 0 fully saturated rings. The summed E-state index contributed by atoms with van der Waals surface area (Å²) in [6, 6.07) is 14.0. The highest BCUT2D eigenvalue weighted by molar-refractivity contribution is 5.20. The Hall–Kier alpha value is -1.58. The van der Waals surface area contributed by atoms with Crippen LogP contribution < -0.4 is 11.3 Å². The number of nitrogens with two attached hydrogens (primary N) is 1. The van der Waals surface area contributed by atoms with Gasteiger partial charge in [-0.3, -0.25) is 11.3 Å². The molecule has 0 spiro atoms. The molecule has 3 nitrogen and oxygen atoms in total. The van der Waals surface area contributed by atoms with E-state index in [2.05, 4.69) is 5.43 Å². The summed E-state index contributed by atoms with van der Waals surface area (Å²) in [6.07, 6.45) is 2.43. The summed E-state index contributed by atoms with van der Waals surface area (Å²) >= 11 is 0. The van der Waals surface area contributed by atoms with Gasteiger partial charge in [0.05, 0.1) is 12.3 Å². The van der Waals surface area contributed by atoms with Crippen LogP contribution in [0.4, 0.5) is 0 Å². The molecule has 0 aliphatic rings. The Balaban J connectivity index is 2.12. The average molecular weight is 202 g/mol. The molecule has 0 radical (unpaired) electrons. The predicted octanol–water partition coefficient (Wildman–Crippen LogP) is 2.03. The summed E-state index contributed by atoms with van der Waals surface area (Å²) in [4.78, 5) is 0. The average Bonchev–Trinajstić information content (AvgIpc) is 2.80. The molecule has 0 bridgehead atoms. The van der Waals surface area contributed by atoms with E-state index in [1.54, 1.807) is 6.26 Å². The topological polar surface area (TPSA) is 51.2 Å². The van der Waals surface area contributed by atoms with Crippen molar-refractivity contribution >= 4 is 0 Å². The van der Waals surface area contributed by atoms with Crippen molar-refractivity contribution in [2.75, 3.05) is 0 Å². The largest absolute Gasteiger partial charge is 0.469 e. The number of hydrogen-bond donors (Lipinski definition) is 2. The van der Waals surface area contributed by atoms with Gasteiger partial charge in [0.1, 0.15) is 5.76 Å². The molecule has 0 amide bonds. The van der Waals surface area contributed by atoms with E-state index in [0.717, 1.165) is 17.7 Å². The zero-order chi connectivity index (χ0) is 10.5. The molecule has 1 aromatic heterocycles. The number of rotatable bonds is 4. The van der Waals surface area contributed by atoms with Gasteiger partial charge < -0.3 is 4.42 Å². The van der Waals surface area contributed by atoms with Crippen molar-refractivity contribution in [3.63, 3.8) is 0 Å². The minimum absolute atomic E-state index is 0.0948. The van der Waals surface area contributed by atoms with Crippen LogP contribution in [0.1, 0.15) is 17.4 Å². The maximum absolute atomic E-state index is 5.53. The fourth-order valence-electron chi connectivity index (χ4n) is 1.59. The number of hydrogen-bond acceptors (Lipinski definition) is 3. The standard InChI is InChI=1S/C12H14N2O/c13-14-12(9-11-7-4-8-15-11)10-5-2-1-3-6-10/h1-8,12,14H,9,13H2. The Morgan fingerprint density at radius 1 is 1.13 bits per heavy atom. The molecule has 15 heavy (non-hydrogen) atoms. The van der Waals surface area contributed by atoms with E-state index in [4.69, 9.17) is 10.3 Å². The van der Waals surface area contributed by atoms with Crippen molar-refractivity contribution in [2.45, 2.75) is 12.5 Å². The number of hydrazine groups is 1. The molecule has 1 aromatic carbocycles. The summed E-state index contributed by atoms with van der Waals surface area (Å²) in [6.45, 7) is 0. The van der Waals surface area contributed by atoms with Gasteiger partial charge in [0, 0.05) is 6.42 Å². The first-order valence-electron chi connectivity index (χ1n) is 4.93. The first-order chi connectivity index (χ1) is 7.40. The fourth-order valence-corrected chi connectivity index (χ4v) is 1.59. The van der Waals surface area contributed by atoms with Gasteiger partial charge in [-0.25, -0.2) is 0 Å². The number of furan rings is 1. The highest BCUT2D eigenvalue weighted by Crippen LogP contribution is 2.17. The molecule has 3 N–H and O–H groups in total. The van der Waals surface area contributed by atoms with Crippen molar-refractivity contribution in [3.05, 3.63) is 60.1 Å². The van der Waals surface area contributed by atoms with Crippen molar-refractivity contribution in [3.8, 4) is 0 Å². The maximum atomic E-state index is 5.53. The molecule has 0 saturated carbocycles. The van der Waals surface area contributed by atoms with Gasteiger partial charge in [0.25, 0.3) is 0 Å². The van der Waals surface area contributed by atoms with Crippen LogP contribution in [0.2, 0.25) is 0 Å². The van der Waals surface area contributed by atoms with E-state index in [1.165, 1.54) is 0 Å². The Bertz CT molecular complexity index is 383. The third-order valence-corrected chi connectivity index (χ3v) is 2.39. The highest BCUT2D eigenvalue weighted by atomic mass is 16.3. The Morgan fingerprint density at radius 2 is 1.93 bits per heavy atom. The van der Waals surface area contributed by atoms with Gasteiger partial charge >= 0.3 is 0 Å². The van der Waals surface area contributed by atoms with E-state index >= 15 is 0 Å². The summed E-state index contributed by atoms with van der Waals surface area (Å²) < 4.78 is 5.29. The lowest BCUT2D eigenvalue weighted by Gasteiger charge is -2.14. The summed E-state index contributed by atoms with van der Waals surface area (Å²) in [5.41, 5.74) is 3.96. The van der Waals surface area contributed by atoms with Gasteiger partial charge in [-0.1, -0.05) is 30.3 Å². The molecular weight excluding hydrogens is 188 g/mol. The molecule has 0 aliphatic carbocycles. The van der Waals surface area contributed by atoms with Gasteiger partial charge in [0.15, 0.2) is 0 Å². The lowest BCUT2D eigenvalue weighted by molar-refractivity contribution is 0.455. The van der Waals surface area contributed by atoms with E-state index in [-0.39, 0.29) is 6.04 Å². The smallest absolute Gasteiger partial charge is 0.105 e. The Labute approximate surface area is 88.9 Å². The van der Waals surface area contributed by atoms with E-state index < -0.39 is 0 Å². The molecule has 3 heteroatoms. The quantitative estimate of drug-likeness (QED) is 0.589. The van der Waals surface area contributed by atoms with Crippen molar-refractivity contribution in [2.24, 2.45) is 5.84 Å². The first kappa shape index (κ1) is 9.96. The van der Waals surface area contributed by atoms with Crippen LogP contribution >= 0.6 is 0 Å². The van der Waals surface area contributed by atoms with Crippen LogP contribution in [0.15, 0.2) is 53.1 Å². The van der Waals surface area contributed by atoms with E-state index in [0.29, 0.717) is 0 Å². The van der Waals surface area contributed by atoms with Crippen LogP contribution in [0.5, 0.6) is 0 Å². The molecule has 1 heterocycles. The van der Waals surface area contributed by atoms with Crippen LogP contribution in [0.3, 0.4) is 0 Å². The van der Waals surface area contributed by atoms with Crippen molar-refractivity contribution in [1.82, 2.24) is 5.43 Å². The van der Waals surface area contributed by atoms with E-state index in [9.17, 15) is 0 Å². The molecule has 1 atom stereocenters. The zero-order valence-corrected chi connectivity index (χ0v) is 8.39. The fraction of sp³-hybridized carbons (Fsp3) is 0.167. The predicted molar refractivity (Wildman–Crippen MR) is 58.9 cm³/mol. The molecule has 0 aliphatic heterocycles. The Kier molecular flexibility index (Phi) is 3.17. The van der Waals surface area contributed by atoms with Crippen molar-refractivity contribution < 1.29 is 4.42 Å². The summed E-state index contributed by atoms with van der Waals surface area (Å²) in [5.74, 6) is 6.46. The molecule has 2 rings (SSSR count). The monoisotopic (exact) mass is 202 g/mol. The molecule has 78 valence electrons. The number of benzene rings is 1. The zero-order valence-electron chi connectivity index (χ0n) is 8.39. The molecular formula is C12H14N2O. The first-order valence-corrected chi connectivity index (χ1v) is 4.93. The Morgan fingerprint density at radius 3 is 2.53 bits per heavy atom. The van der Waals surface area contributed by atoms with Gasteiger partial charge in [0.2, 0.25) is 0 Å². The van der Waals surface area contributed by atoms with Gasteiger partial charge in [-0.15, -0.1) is 0 Å². The number of nitrogens with one attached hydrogen (secondary N) is 1. The van der Waals surface area contributed by atoms with Crippen LogP contribution in [-0.4, -0.2) is 0 Å².